The Morgan fingerprint density at radius 3 is 2.52 bits per heavy atom. The Morgan fingerprint density at radius 2 is 1.80 bits per heavy atom. The van der Waals surface area contributed by atoms with Gasteiger partial charge in [0.05, 0.1) is 32.4 Å². The normalized spacial score (nSPS) is 10.7. The maximum absolute atomic E-state index is 11.8. The summed E-state index contributed by atoms with van der Waals surface area (Å²) in [5.41, 5.74) is 2.77. The zero-order chi connectivity index (χ0) is 17.8. The van der Waals surface area contributed by atoms with Crippen LogP contribution in [-0.2, 0) is 22.5 Å². The molecule has 0 saturated carbocycles. The summed E-state index contributed by atoms with van der Waals surface area (Å²) in [5.74, 6) is 1.82. The van der Waals surface area contributed by atoms with Gasteiger partial charge in [0, 0.05) is 6.42 Å². The predicted octanol–water partition coefficient (Wildman–Crippen LogP) is 2.82. The van der Waals surface area contributed by atoms with Crippen LogP contribution in [0.25, 0.3) is 11.0 Å². The smallest absolute Gasteiger partial charge is 0.325 e. The Hall–Kier alpha value is -3.02. The first-order chi connectivity index (χ1) is 12.2. The molecule has 130 valence electrons. The van der Waals surface area contributed by atoms with E-state index in [9.17, 15) is 4.79 Å². The van der Waals surface area contributed by atoms with E-state index in [0.717, 1.165) is 22.4 Å². The Labute approximate surface area is 146 Å². The van der Waals surface area contributed by atoms with Crippen molar-refractivity contribution >= 4 is 17.0 Å². The number of nitrogens with zero attached hydrogens (tertiary/aromatic N) is 2. The second kappa shape index (κ2) is 7.25. The molecule has 0 bridgehead atoms. The minimum absolute atomic E-state index is 0.125. The van der Waals surface area contributed by atoms with E-state index in [1.54, 1.807) is 14.2 Å². The number of carbonyl (C=O) groups excluding carboxylic acids is 1. The highest BCUT2D eigenvalue weighted by molar-refractivity contribution is 5.79. The van der Waals surface area contributed by atoms with Crippen molar-refractivity contribution in [2.45, 2.75) is 13.0 Å². The number of benzene rings is 2. The topological polar surface area (TPSA) is 62.6 Å². The van der Waals surface area contributed by atoms with Gasteiger partial charge in [0.1, 0.15) is 12.4 Å². The van der Waals surface area contributed by atoms with E-state index in [1.807, 2.05) is 47.0 Å². The summed E-state index contributed by atoms with van der Waals surface area (Å²) >= 11 is 0. The molecule has 0 spiro atoms. The first kappa shape index (κ1) is 16.8. The predicted molar refractivity (Wildman–Crippen MR) is 94.1 cm³/mol. The van der Waals surface area contributed by atoms with Crippen molar-refractivity contribution in [3.8, 4) is 11.5 Å². The number of hydrogen-bond donors (Lipinski definition) is 0. The van der Waals surface area contributed by atoms with E-state index >= 15 is 0 Å². The Kier molecular flexibility index (Phi) is 4.88. The molecule has 0 aliphatic carbocycles. The highest BCUT2D eigenvalue weighted by Gasteiger charge is 2.15. The lowest BCUT2D eigenvalue weighted by Gasteiger charge is -2.11. The molecule has 0 aliphatic rings. The molecule has 0 amide bonds. The third kappa shape index (κ3) is 3.42. The second-order valence-corrected chi connectivity index (χ2v) is 5.55. The molecule has 3 aromatic rings. The highest BCUT2D eigenvalue weighted by atomic mass is 16.5. The average molecular weight is 340 g/mol. The fourth-order valence-electron chi connectivity index (χ4n) is 2.80. The maximum atomic E-state index is 11.8. The quantitative estimate of drug-likeness (QED) is 0.646. The molecule has 1 heterocycles. The van der Waals surface area contributed by atoms with Crippen molar-refractivity contribution in [3.05, 3.63) is 53.9 Å². The summed E-state index contributed by atoms with van der Waals surface area (Å²) in [6, 6.07) is 13.5. The molecule has 0 fully saturated rings. The zero-order valence-corrected chi connectivity index (χ0v) is 14.5. The molecule has 0 radical (unpaired) electrons. The van der Waals surface area contributed by atoms with Crippen LogP contribution in [0.15, 0.2) is 42.5 Å². The van der Waals surface area contributed by atoms with E-state index in [2.05, 4.69) is 4.98 Å². The molecule has 0 aliphatic heterocycles. The summed E-state index contributed by atoms with van der Waals surface area (Å²) in [7, 11) is 4.59. The third-order valence-corrected chi connectivity index (χ3v) is 4.06. The molecule has 1 aromatic heterocycles. The lowest BCUT2D eigenvalue weighted by Crippen LogP contribution is -2.14. The van der Waals surface area contributed by atoms with Crippen LogP contribution in [-0.4, -0.2) is 36.8 Å². The zero-order valence-electron chi connectivity index (χ0n) is 14.5. The number of aromatic nitrogens is 2. The molecule has 0 N–H and O–H groups in total. The summed E-state index contributed by atoms with van der Waals surface area (Å²) in [4.78, 5) is 16.5. The number of imidazole rings is 1. The van der Waals surface area contributed by atoms with Gasteiger partial charge in [-0.1, -0.05) is 18.2 Å². The number of carbonyl (C=O) groups is 1. The summed E-state index contributed by atoms with van der Waals surface area (Å²) in [5, 5.41) is 0. The molecule has 0 saturated heterocycles. The molecule has 25 heavy (non-hydrogen) atoms. The largest absolute Gasteiger partial charge is 0.493 e. The van der Waals surface area contributed by atoms with Crippen LogP contribution in [0.1, 0.15) is 11.4 Å². The van der Waals surface area contributed by atoms with Crippen LogP contribution in [0, 0.1) is 0 Å². The molecule has 6 heteroatoms. The SMILES string of the molecule is COC(=O)Cn1c(Cc2ccc(OC)c(OC)c2)nc2ccccc21. The molecule has 2 aromatic carbocycles. The number of hydrogen-bond acceptors (Lipinski definition) is 5. The van der Waals surface area contributed by atoms with Crippen LogP contribution < -0.4 is 9.47 Å². The Bertz CT molecular complexity index is 902. The van der Waals surface area contributed by atoms with E-state index in [-0.39, 0.29) is 12.5 Å². The van der Waals surface area contributed by atoms with Crippen molar-refractivity contribution in [1.82, 2.24) is 9.55 Å². The van der Waals surface area contributed by atoms with Gasteiger partial charge in [-0.3, -0.25) is 4.79 Å². The Morgan fingerprint density at radius 1 is 1.04 bits per heavy atom. The van der Waals surface area contributed by atoms with Gasteiger partial charge in [0.25, 0.3) is 0 Å². The maximum Gasteiger partial charge on any atom is 0.325 e. The van der Waals surface area contributed by atoms with Gasteiger partial charge in [-0.2, -0.15) is 0 Å². The van der Waals surface area contributed by atoms with Gasteiger partial charge in [-0.05, 0) is 29.8 Å². The summed E-state index contributed by atoms with van der Waals surface area (Å²) < 4.78 is 17.3. The first-order valence-electron chi connectivity index (χ1n) is 7.88. The lowest BCUT2D eigenvalue weighted by molar-refractivity contribution is -0.141. The fraction of sp³-hybridized carbons (Fsp3) is 0.263. The number of ether oxygens (including phenoxy) is 3. The number of methoxy groups -OCH3 is 3. The number of esters is 1. The van der Waals surface area contributed by atoms with Gasteiger partial charge >= 0.3 is 5.97 Å². The Balaban J connectivity index is 2.00. The van der Waals surface area contributed by atoms with Crippen molar-refractivity contribution in [2.24, 2.45) is 0 Å². The monoisotopic (exact) mass is 340 g/mol. The molecular weight excluding hydrogens is 320 g/mol. The number of para-hydroxylation sites is 2. The van der Waals surface area contributed by atoms with Crippen LogP contribution in [0.3, 0.4) is 0 Å². The first-order valence-corrected chi connectivity index (χ1v) is 7.88. The molecule has 6 nitrogen and oxygen atoms in total. The van der Waals surface area contributed by atoms with Gasteiger partial charge in [0.2, 0.25) is 0 Å². The van der Waals surface area contributed by atoms with Crippen molar-refractivity contribution in [3.63, 3.8) is 0 Å². The van der Waals surface area contributed by atoms with E-state index in [4.69, 9.17) is 14.2 Å². The van der Waals surface area contributed by atoms with Gasteiger partial charge in [-0.15, -0.1) is 0 Å². The van der Waals surface area contributed by atoms with Crippen LogP contribution in [0.5, 0.6) is 11.5 Å². The van der Waals surface area contributed by atoms with E-state index in [0.29, 0.717) is 17.9 Å². The average Bonchev–Trinajstić information content (AvgIpc) is 2.98. The fourth-order valence-corrected chi connectivity index (χ4v) is 2.80. The number of fused-ring (bicyclic) bond motifs is 1. The van der Waals surface area contributed by atoms with Crippen molar-refractivity contribution < 1.29 is 19.0 Å². The minimum Gasteiger partial charge on any atom is -0.493 e. The van der Waals surface area contributed by atoms with Gasteiger partial charge in [-0.25, -0.2) is 4.98 Å². The molecule has 0 unspecified atom stereocenters. The van der Waals surface area contributed by atoms with Crippen molar-refractivity contribution in [1.29, 1.82) is 0 Å². The third-order valence-electron chi connectivity index (χ3n) is 4.06. The van der Waals surface area contributed by atoms with E-state index < -0.39 is 0 Å². The highest BCUT2D eigenvalue weighted by Crippen LogP contribution is 2.29. The lowest BCUT2D eigenvalue weighted by atomic mass is 10.1. The van der Waals surface area contributed by atoms with Crippen molar-refractivity contribution in [2.75, 3.05) is 21.3 Å². The number of rotatable bonds is 6. The molecular formula is C19H20N2O4. The van der Waals surface area contributed by atoms with Crippen LogP contribution >= 0.6 is 0 Å². The van der Waals surface area contributed by atoms with Crippen LogP contribution in [0.4, 0.5) is 0 Å². The van der Waals surface area contributed by atoms with Gasteiger partial charge in [0.15, 0.2) is 11.5 Å². The van der Waals surface area contributed by atoms with Crippen LogP contribution in [0.2, 0.25) is 0 Å². The second-order valence-electron chi connectivity index (χ2n) is 5.55. The minimum atomic E-state index is -0.309. The van der Waals surface area contributed by atoms with Gasteiger partial charge < -0.3 is 18.8 Å². The molecule has 3 rings (SSSR count). The summed E-state index contributed by atoms with van der Waals surface area (Å²) in [6.07, 6.45) is 0.562. The summed E-state index contributed by atoms with van der Waals surface area (Å²) in [6.45, 7) is 0.125. The van der Waals surface area contributed by atoms with E-state index in [1.165, 1.54) is 7.11 Å². The molecule has 0 atom stereocenters. The standard InChI is InChI=1S/C19H20N2O4/c1-23-16-9-8-13(10-17(16)24-2)11-18-20-14-6-4-5-7-15(14)21(18)12-19(22)25-3/h4-10H,11-12H2,1-3H3.